The Kier molecular flexibility index (Phi) is 5.79. The summed E-state index contributed by atoms with van der Waals surface area (Å²) in [5.41, 5.74) is 2.20. The average molecular weight is 282 g/mol. The van der Waals surface area contributed by atoms with Crippen LogP contribution in [0, 0.1) is 5.92 Å². The quantitative estimate of drug-likeness (QED) is 0.437. The first-order valence-electron chi connectivity index (χ1n) is 7.71. The van der Waals surface area contributed by atoms with Gasteiger partial charge in [-0.05, 0) is 38.8 Å². The van der Waals surface area contributed by atoms with Gasteiger partial charge < -0.3 is 4.90 Å². The zero-order chi connectivity index (χ0) is 14.4. The molecule has 0 atom stereocenters. The van der Waals surface area contributed by atoms with Crippen LogP contribution in [0.25, 0.3) is 0 Å². The van der Waals surface area contributed by atoms with Gasteiger partial charge in [0.15, 0.2) is 0 Å². The topological polar surface area (TPSA) is 78.7 Å². The lowest BCUT2D eigenvalue weighted by Crippen LogP contribution is -2.47. The Labute approximate surface area is 120 Å². The van der Waals surface area contributed by atoms with E-state index in [0.717, 1.165) is 25.9 Å². The predicted molar refractivity (Wildman–Crippen MR) is 76.5 cm³/mol. The molecule has 0 spiro atoms. The number of piperidine rings is 1. The highest BCUT2D eigenvalue weighted by molar-refractivity contribution is 5.80. The summed E-state index contributed by atoms with van der Waals surface area (Å²) in [6, 6.07) is 0. The first-order chi connectivity index (χ1) is 9.70. The molecule has 3 N–H and O–H groups in total. The van der Waals surface area contributed by atoms with Crippen molar-refractivity contribution in [2.45, 2.75) is 38.5 Å². The zero-order valence-electron chi connectivity index (χ0n) is 12.1. The molecule has 0 aliphatic carbocycles. The Bertz CT molecular complexity index is 332. The van der Waals surface area contributed by atoms with Gasteiger partial charge in [-0.2, -0.15) is 0 Å². The van der Waals surface area contributed by atoms with Crippen LogP contribution in [0.5, 0.6) is 0 Å². The number of nitrogens with one attached hydrogen (secondary N) is 1. The van der Waals surface area contributed by atoms with E-state index >= 15 is 0 Å². The van der Waals surface area contributed by atoms with Crippen molar-refractivity contribution in [3.63, 3.8) is 0 Å². The van der Waals surface area contributed by atoms with E-state index in [1.165, 1.54) is 25.7 Å². The summed E-state index contributed by atoms with van der Waals surface area (Å²) in [6.07, 6.45) is 6.40. The van der Waals surface area contributed by atoms with Crippen LogP contribution in [-0.2, 0) is 9.59 Å². The highest BCUT2D eigenvalue weighted by Crippen LogP contribution is 2.18. The smallest absolute Gasteiger partial charge is 0.237 e. The van der Waals surface area contributed by atoms with Crippen molar-refractivity contribution in [3.05, 3.63) is 0 Å². The van der Waals surface area contributed by atoms with Crippen LogP contribution in [0.1, 0.15) is 38.5 Å². The fraction of sp³-hybridized carbons (Fsp3) is 0.857. The Morgan fingerprint density at radius 2 is 1.60 bits per heavy atom. The van der Waals surface area contributed by atoms with E-state index in [-0.39, 0.29) is 17.7 Å². The van der Waals surface area contributed by atoms with E-state index in [1.807, 2.05) is 4.90 Å². The second kappa shape index (κ2) is 7.59. The van der Waals surface area contributed by atoms with Gasteiger partial charge in [-0.15, -0.1) is 0 Å². The van der Waals surface area contributed by atoms with Crippen LogP contribution < -0.4 is 11.3 Å². The summed E-state index contributed by atoms with van der Waals surface area (Å²) in [6.45, 7) is 3.96. The Morgan fingerprint density at radius 3 is 2.15 bits per heavy atom. The van der Waals surface area contributed by atoms with Crippen LogP contribution in [0.2, 0.25) is 0 Å². The lowest BCUT2D eigenvalue weighted by Gasteiger charge is -2.32. The number of rotatable bonds is 3. The SMILES string of the molecule is NNC(=O)C1CCN(C(=O)CN2CCCCCC2)CC1. The molecular weight excluding hydrogens is 256 g/mol. The zero-order valence-corrected chi connectivity index (χ0v) is 12.1. The largest absolute Gasteiger partial charge is 0.342 e. The number of nitrogens with two attached hydrogens (primary N) is 1. The van der Waals surface area contributed by atoms with Gasteiger partial charge >= 0.3 is 0 Å². The number of hydrogen-bond acceptors (Lipinski definition) is 4. The van der Waals surface area contributed by atoms with Crippen LogP contribution in [-0.4, -0.2) is 54.3 Å². The summed E-state index contributed by atoms with van der Waals surface area (Å²) >= 11 is 0. The number of hydrazine groups is 1. The van der Waals surface area contributed by atoms with Crippen LogP contribution in [0.4, 0.5) is 0 Å². The molecule has 20 heavy (non-hydrogen) atoms. The fourth-order valence-corrected chi connectivity index (χ4v) is 3.09. The van der Waals surface area contributed by atoms with Gasteiger partial charge in [-0.25, -0.2) is 5.84 Å². The molecule has 0 radical (unpaired) electrons. The van der Waals surface area contributed by atoms with E-state index < -0.39 is 0 Å². The second-order valence-electron chi connectivity index (χ2n) is 5.85. The maximum absolute atomic E-state index is 12.3. The highest BCUT2D eigenvalue weighted by Gasteiger charge is 2.27. The molecule has 2 rings (SSSR count). The molecular formula is C14H26N4O2. The minimum absolute atomic E-state index is 0.0396. The number of nitrogens with zero attached hydrogens (tertiary/aromatic N) is 2. The van der Waals surface area contributed by atoms with E-state index in [0.29, 0.717) is 19.6 Å². The van der Waals surface area contributed by atoms with E-state index in [4.69, 9.17) is 5.84 Å². The first kappa shape index (κ1) is 15.3. The molecule has 6 nitrogen and oxygen atoms in total. The van der Waals surface area contributed by atoms with Gasteiger partial charge in [-0.1, -0.05) is 12.8 Å². The Morgan fingerprint density at radius 1 is 1.00 bits per heavy atom. The van der Waals surface area contributed by atoms with Gasteiger partial charge in [0.1, 0.15) is 0 Å². The van der Waals surface area contributed by atoms with Crippen LogP contribution in [0.15, 0.2) is 0 Å². The molecule has 2 aliphatic heterocycles. The highest BCUT2D eigenvalue weighted by atomic mass is 16.2. The average Bonchev–Trinajstić information content (AvgIpc) is 2.75. The molecule has 0 aromatic heterocycles. The third-order valence-corrected chi connectivity index (χ3v) is 4.42. The lowest BCUT2D eigenvalue weighted by molar-refractivity contribution is -0.136. The molecule has 2 amide bonds. The van der Waals surface area contributed by atoms with Crippen molar-refractivity contribution in [2.24, 2.45) is 11.8 Å². The molecule has 0 bridgehead atoms. The summed E-state index contributed by atoms with van der Waals surface area (Å²) in [4.78, 5) is 27.9. The van der Waals surface area contributed by atoms with E-state index in [2.05, 4.69) is 10.3 Å². The van der Waals surface area contributed by atoms with Gasteiger partial charge in [0.2, 0.25) is 11.8 Å². The molecule has 0 aromatic carbocycles. The third-order valence-electron chi connectivity index (χ3n) is 4.42. The first-order valence-corrected chi connectivity index (χ1v) is 7.71. The molecule has 6 heteroatoms. The van der Waals surface area contributed by atoms with Gasteiger partial charge in [0.05, 0.1) is 6.54 Å². The summed E-state index contributed by atoms with van der Waals surface area (Å²) in [5.74, 6) is 5.21. The summed E-state index contributed by atoms with van der Waals surface area (Å²) < 4.78 is 0. The summed E-state index contributed by atoms with van der Waals surface area (Å²) in [7, 11) is 0. The van der Waals surface area contributed by atoms with Crippen molar-refractivity contribution in [2.75, 3.05) is 32.7 Å². The monoisotopic (exact) mass is 282 g/mol. The van der Waals surface area contributed by atoms with Gasteiger partial charge in [0.25, 0.3) is 0 Å². The van der Waals surface area contributed by atoms with Gasteiger partial charge in [-0.3, -0.25) is 19.9 Å². The third kappa shape index (κ3) is 4.18. The standard InChI is InChI=1S/C14H26N4O2/c15-16-14(20)12-5-9-18(10-6-12)13(19)11-17-7-3-1-2-4-8-17/h12H,1-11,15H2,(H,16,20). The molecule has 2 aliphatic rings. The van der Waals surface area contributed by atoms with Crippen molar-refractivity contribution in [3.8, 4) is 0 Å². The van der Waals surface area contributed by atoms with Crippen LogP contribution in [0.3, 0.4) is 0 Å². The van der Waals surface area contributed by atoms with Crippen molar-refractivity contribution < 1.29 is 9.59 Å². The minimum atomic E-state index is -0.107. The Balaban J connectivity index is 1.75. The van der Waals surface area contributed by atoms with Crippen molar-refractivity contribution in [1.29, 1.82) is 0 Å². The Hall–Kier alpha value is -1.14. The lowest BCUT2D eigenvalue weighted by atomic mass is 9.96. The maximum Gasteiger partial charge on any atom is 0.237 e. The molecule has 0 aromatic rings. The van der Waals surface area contributed by atoms with E-state index in [9.17, 15) is 9.59 Å². The second-order valence-corrected chi connectivity index (χ2v) is 5.85. The number of likely N-dealkylation sites (tertiary alicyclic amines) is 2. The number of hydrogen-bond donors (Lipinski definition) is 2. The predicted octanol–water partition coefficient (Wildman–Crippen LogP) is 0.0909. The fourth-order valence-electron chi connectivity index (χ4n) is 3.09. The number of carbonyl (C=O) groups excluding carboxylic acids is 2. The molecule has 114 valence electrons. The summed E-state index contributed by atoms with van der Waals surface area (Å²) in [5, 5.41) is 0. The molecule has 2 heterocycles. The molecule has 2 saturated heterocycles. The molecule has 2 fully saturated rings. The number of carbonyl (C=O) groups is 2. The number of amides is 2. The maximum atomic E-state index is 12.3. The van der Waals surface area contributed by atoms with Crippen molar-refractivity contribution >= 4 is 11.8 Å². The minimum Gasteiger partial charge on any atom is -0.342 e. The van der Waals surface area contributed by atoms with E-state index in [1.54, 1.807) is 0 Å². The molecule has 0 saturated carbocycles. The van der Waals surface area contributed by atoms with Crippen molar-refractivity contribution in [1.82, 2.24) is 15.2 Å². The van der Waals surface area contributed by atoms with Crippen LogP contribution >= 0.6 is 0 Å². The normalized spacial score (nSPS) is 22.4. The molecule has 0 unspecified atom stereocenters. The van der Waals surface area contributed by atoms with Gasteiger partial charge in [0, 0.05) is 19.0 Å².